The maximum absolute atomic E-state index is 9.50. The van der Waals surface area contributed by atoms with Crippen molar-refractivity contribution in [2.24, 2.45) is 0 Å². The molecule has 0 fully saturated rings. The standard InChI is InChI=1S/C50H30O/c1-3-15-36-31(11-1)13-9-21-38(36)48-39-17-5-7-19-41(39)49(42-20-8-6-18-40(42)48)43-22-10-14-33-23-24-34(29-45(33)43)35-25-27-44-47(30-35)51-46-28-26-32-12-2-4-16-37(32)50(44)46/h1-30H/i5D,6D,7D,8D,17D,18D,19D,20D. The molecule has 1 heterocycles. The minimum atomic E-state index is -0.430. The van der Waals surface area contributed by atoms with Crippen LogP contribution in [0.25, 0.3) is 109 Å². The van der Waals surface area contributed by atoms with E-state index in [2.05, 4.69) is 30.3 Å². The molecular formula is C50H30O. The Kier molecular flexibility index (Phi) is 4.57. The van der Waals surface area contributed by atoms with Crippen molar-refractivity contribution in [3.05, 3.63) is 182 Å². The molecule has 0 bridgehead atoms. The van der Waals surface area contributed by atoms with E-state index in [1.165, 1.54) is 0 Å². The molecule has 51 heavy (non-hydrogen) atoms. The topological polar surface area (TPSA) is 13.1 Å². The smallest absolute Gasteiger partial charge is 0.136 e. The molecule has 0 saturated carbocycles. The van der Waals surface area contributed by atoms with E-state index in [9.17, 15) is 5.48 Å². The average molecular weight is 655 g/mol. The molecule has 1 aromatic heterocycles. The Bertz CT molecular complexity index is 3580. The summed E-state index contributed by atoms with van der Waals surface area (Å²) in [5.41, 5.74) is 5.17. The van der Waals surface area contributed by atoms with Crippen molar-refractivity contribution in [3.63, 3.8) is 0 Å². The quantitative estimate of drug-likeness (QED) is 0.173. The second-order valence-electron chi connectivity index (χ2n) is 13.0. The van der Waals surface area contributed by atoms with Gasteiger partial charge in [-0.1, -0.05) is 158 Å². The minimum absolute atomic E-state index is 0.185. The minimum Gasteiger partial charge on any atom is -0.456 e. The van der Waals surface area contributed by atoms with E-state index in [-0.39, 0.29) is 45.7 Å². The first-order chi connectivity index (χ1) is 28.6. The van der Waals surface area contributed by atoms with Gasteiger partial charge in [-0.05, 0) is 112 Å². The van der Waals surface area contributed by atoms with E-state index < -0.39 is 24.2 Å². The lowest BCUT2D eigenvalue weighted by atomic mass is 9.83. The summed E-state index contributed by atoms with van der Waals surface area (Å²) in [5, 5.41) is 8.34. The van der Waals surface area contributed by atoms with Gasteiger partial charge in [-0.3, -0.25) is 0 Å². The molecule has 0 atom stereocenters. The second-order valence-corrected chi connectivity index (χ2v) is 13.0. The Balaban J connectivity index is 1.26. The first-order valence-corrected chi connectivity index (χ1v) is 16.9. The summed E-state index contributed by atoms with van der Waals surface area (Å²) in [6.07, 6.45) is 0. The lowest BCUT2D eigenvalue weighted by molar-refractivity contribution is 0.669. The predicted molar refractivity (Wildman–Crippen MR) is 218 cm³/mol. The summed E-state index contributed by atoms with van der Waals surface area (Å²) in [5.74, 6) is 0. The van der Waals surface area contributed by atoms with Gasteiger partial charge in [-0.15, -0.1) is 0 Å². The maximum Gasteiger partial charge on any atom is 0.136 e. The van der Waals surface area contributed by atoms with E-state index in [1.54, 1.807) is 0 Å². The van der Waals surface area contributed by atoms with Gasteiger partial charge < -0.3 is 4.42 Å². The van der Waals surface area contributed by atoms with Crippen LogP contribution >= 0.6 is 0 Å². The van der Waals surface area contributed by atoms with Gasteiger partial charge in [0.1, 0.15) is 11.2 Å². The molecule has 0 N–H and O–H groups in total. The largest absolute Gasteiger partial charge is 0.456 e. The third-order valence-electron chi connectivity index (χ3n) is 10.3. The van der Waals surface area contributed by atoms with Crippen LogP contribution in [0.5, 0.6) is 0 Å². The molecular weight excluding hydrogens is 617 g/mol. The summed E-state index contributed by atoms with van der Waals surface area (Å²) in [6, 6.07) is 40.8. The molecule has 10 aromatic carbocycles. The molecule has 0 radical (unpaired) electrons. The van der Waals surface area contributed by atoms with Crippen LogP contribution in [0.2, 0.25) is 0 Å². The monoisotopic (exact) mass is 654 g/mol. The summed E-state index contributed by atoms with van der Waals surface area (Å²) < 4.78 is 79.9. The molecule has 0 aliphatic heterocycles. The van der Waals surface area contributed by atoms with Gasteiger partial charge >= 0.3 is 0 Å². The van der Waals surface area contributed by atoms with Crippen LogP contribution in [-0.2, 0) is 0 Å². The van der Waals surface area contributed by atoms with Crippen LogP contribution in [-0.4, -0.2) is 0 Å². The number of hydrogen-bond acceptors (Lipinski definition) is 1. The highest BCUT2D eigenvalue weighted by Gasteiger charge is 2.19. The molecule has 0 amide bonds. The highest BCUT2D eigenvalue weighted by atomic mass is 16.3. The SMILES string of the molecule is [2H]c1c([2H])c([2H])c2c(-c3cccc4ccc(-c5ccc6c(c5)oc5ccc7ccccc7c56)cc34)c3c([2H])c([2H])c([2H])c([2H])c3c(-c3cccc4ccccc34)c2c1[2H]. The average Bonchev–Trinajstić information content (AvgIpc) is 3.66. The molecule has 0 saturated heterocycles. The second kappa shape index (κ2) is 10.9. The van der Waals surface area contributed by atoms with Crippen LogP contribution in [0.4, 0.5) is 0 Å². The van der Waals surface area contributed by atoms with Crippen molar-refractivity contribution in [2.45, 2.75) is 0 Å². The van der Waals surface area contributed by atoms with E-state index in [4.69, 9.17) is 9.90 Å². The summed E-state index contributed by atoms with van der Waals surface area (Å²) in [6.45, 7) is 0. The normalized spacial score (nSPS) is 14.1. The van der Waals surface area contributed by atoms with Crippen LogP contribution in [0.3, 0.4) is 0 Å². The molecule has 11 rings (SSSR count). The molecule has 0 aliphatic carbocycles. The zero-order chi connectivity index (χ0) is 40.4. The zero-order valence-corrected chi connectivity index (χ0v) is 27.1. The van der Waals surface area contributed by atoms with Gasteiger partial charge in [0.05, 0.1) is 11.0 Å². The number of benzene rings is 10. The number of rotatable bonds is 3. The zero-order valence-electron chi connectivity index (χ0n) is 35.1. The lowest BCUT2D eigenvalue weighted by Crippen LogP contribution is -1.92. The van der Waals surface area contributed by atoms with Crippen LogP contribution in [0.15, 0.2) is 186 Å². The molecule has 0 spiro atoms. The summed E-state index contributed by atoms with van der Waals surface area (Å²) in [7, 11) is 0. The van der Waals surface area contributed by atoms with Crippen molar-refractivity contribution < 1.29 is 15.4 Å². The van der Waals surface area contributed by atoms with Crippen molar-refractivity contribution in [1.82, 2.24) is 0 Å². The van der Waals surface area contributed by atoms with Crippen LogP contribution < -0.4 is 0 Å². The van der Waals surface area contributed by atoms with Gasteiger partial charge in [0, 0.05) is 10.8 Å². The predicted octanol–water partition coefficient (Wildman–Crippen LogP) is 14.4. The molecule has 11 aromatic rings. The fourth-order valence-corrected chi connectivity index (χ4v) is 8.00. The summed E-state index contributed by atoms with van der Waals surface area (Å²) in [4.78, 5) is 0. The fraction of sp³-hybridized carbons (Fsp3) is 0. The van der Waals surface area contributed by atoms with E-state index >= 15 is 0 Å². The molecule has 0 unspecified atom stereocenters. The van der Waals surface area contributed by atoms with Crippen LogP contribution in [0, 0.1) is 0 Å². The molecule has 0 aliphatic rings. The van der Waals surface area contributed by atoms with E-state index in [1.807, 2.05) is 103 Å². The maximum atomic E-state index is 9.50. The Morgan fingerprint density at radius 3 is 1.55 bits per heavy atom. The number of fused-ring (bicyclic) bond motifs is 9. The van der Waals surface area contributed by atoms with E-state index in [0.717, 1.165) is 65.4 Å². The van der Waals surface area contributed by atoms with Gasteiger partial charge in [0.2, 0.25) is 0 Å². The molecule has 1 heteroatoms. The molecule has 236 valence electrons. The first kappa shape index (κ1) is 21.4. The lowest BCUT2D eigenvalue weighted by Gasteiger charge is -2.20. The highest BCUT2D eigenvalue weighted by molar-refractivity contribution is 6.25. The van der Waals surface area contributed by atoms with Crippen molar-refractivity contribution >= 4 is 75.8 Å². The van der Waals surface area contributed by atoms with Gasteiger partial charge in [-0.25, -0.2) is 0 Å². The van der Waals surface area contributed by atoms with Crippen molar-refractivity contribution in [3.8, 4) is 33.4 Å². The Hall–Kier alpha value is -6.70. The fourth-order valence-electron chi connectivity index (χ4n) is 8.00. The highest BCUT2D eigenvalue weighted by Crippen LogP contribution is 2.47. The van der Waals surface area contributed by atoms with Crippen molar-refractivity contribution in [2.75, 3.05) is 0 Å². The number of hydrogen-bond donors (Lipinski definition) is 0. The van der Waals surface area contributed by atoms with E-state index in [0.29, 0.717) is 22.3 Å². The van der Waals surface area contributed by atoms with Gasteiger partial charge in [-0.2, -0.15) is 0 Å². The number of furan rings is 1. The Labute approximate surface area is 305 Å². The molecule has 1 nitrogen and oxygen atoms in total. The first-order valence-electron chi connectivity index (χ1n) is 20.9. The Morgan fingerprint density at radius 2 is 0.863 bits per heavy atom. The van der Waals surface area contributed by atoms with Gasteiger partial charge in [0.25, 0.3) is 0 Å². The summed E-state index contributed by atoms with van der Waals surface area (Å²) >= 11 is 0. The van der Waals surface area contributed by atoms with Crippen molar-refractivity contribution in [1.29, 1.82) is 0 Å². The third-order valence-corrected chi connectivity index (χ3v) is 10.3. The Morgan fingerprint density at radius 1 is 0.353 bits per heavy atom. The van der Waals surface area contributed by atoms with Gasteiger partial charge in [0.15, 0.2) is 0 Å². The third kappa shape index (κ3) is 4.22. The van der Waals surface area contributed by atoms with Crippen LogP contribution in [0.1, 0.15) is 11.0 Å².